The number of benzene rings is 2. The van der Waals surface area contributed by atoms with E-state index in [1.165, 1.54) is 22.4 Å². The summed E-state index contributed by atoms with van der Waals surface area (Å²) < 4.78 is 5.04. The maximum atomic E-state index is 12.4. The minimum Gasteiger partial charge on any atom is -0.456 e. The molecule has 0 radical (unpaired) electrons. The van der Waals surface area contributed by atoms with Crippen LogP contribution in [0.1, 0.15) is 47.2 Å². The van der Waals surface area contributed by atoms with Gasteiger partial charge < -0.3 is 9.64 Å². The van der Waals surface area contributed by atoms with Gasteiger partial charge in [-0.15, -0.1) is 0 Å². The quantitative estimate of drug-likeness (QED) is 0.543. The van der Waals surface area contributed by atoms with Crippen LogP contribution in [0.5, 0.6) is 0 Å². The third-order valence-electron chi connectivity index (χ3n) is 5.10. The van der Waals surface area contributed by atoms with Crippen molar-refractivity contribution in [2.75, 3.05) is 18.6 Å². The first-order chi connectivity index (χ1) is 13.5. The molecule has 0 saturated heterocycles. The van der Waals surface area contributed by atoms with Crippen molar-refractivity contribution in [3.8, 4) is 0 Å². The van der Waals surface area contributed by atoms with Crippen molar-refractivity contribution < 1.29 is 19.1 Å². The highest BCUT2D eigenvalue weighted by molar-refractivity contribution is 5.98. The lowest BCUT2D eigenvalue weighted by Crippen LogP contribution is -2.31. The monoisotopic (exact) mass is 379 g/mol. The number of para-hydroxylation sites is 1. The molecule has 2 aromatic carbocycles. The van der Waals surface area contributed by atoms with E-state index in [1.54, 1.807) is 19.2 Å². The van der Waals surface area contributed by atoms with Crippen molar-refractivity contribution in [3.05, 3.63) is 65.2 Å². The molecule has 3 rings (SSSR count). The lowest BCUT2D eigenvalue weighted by Gasteiger charge is -2.17. The predicted molar refractivity (Wildman–Crippen MR) is 107 cm³/mol. The molecule has 146 valence electrons. The van der Waals surface area contributed by atoms with Crippen molar-refractivity contribution in [2.24, 2.45) is 0 Å². The summed E-state index contributed by atoms with van der Waals surface area (Å²) in [5.74, 6) is -0.931. The van der Waals surface area contributed by atoms with Gasteiger partial charge in [-0.1, -0.05) is 30.3 Å². The molecule has 0 heterocycles. The van der Waals surface area contributed by atoms with E-state index in [9.17, 15) is 14.4 Å². The molecule has 0 spiro atoms. The molecule has 28 heavy (non-hydrogen) atoms. The number of rotatable bonds is 7. The number of anilines is 1. The van der Waals surface area contributed by atoms with Gasteiger partial charge in [0, 0.05) is 24.7 Å². The zero-order chi connectivity index (χ0) is 19.9. The molecule has 0 bridgehead atoms. The molecular formula is C23H25NO4. The summed E-state index contributed by atoms with van der Waals surface area (Å²) >= 11 is 0. The Morgan fingerprint density at radius 1 is 0.929 bits per heavy atom. The maximum absolute atomic E-state index is 12.4. The molecule has 2 aromatic rings. The molecule has 0 saturated carbocycles. The summed E-state index contributed by atoms with van der Waals surface area (Å²) in [4.78, 5) is 37.9. The van der Waals surface area contributed by atoms with E-state index in [0.717, 1.165) is 24.9 Å². The first kappa shape index (κ1) is 19.8. The fourth-order valence-electron chi connectivity index (χ4n) is 3.37. The highest BCUT2D eigenvalue weighted by Crippen LogP contribution is 2.23. The van der Waals surface area contributed by atoms with Gasteiger partial charge >= 0.3 is 5.97 Å². The molecule has 0 N–H and O–H groups in total. The van der Waals surface area contributed by atoms with Crippen LogP contribution in [0.4, 0.5) is 5.69 Å². The third kappa shape index (κ3) is 5.06. The van der Waals surface area contributed by atoms with Gasteiger partial charge in [0.25, 0.3) is 5.91 Å². The van der Waals surface area contributed by atoms with Crippen LogP contribution in [0, 0.1) is 0 Å². The summed E-state index contributed by atoms with van der Waals surface area (Å²) in [6.07, 6.45) is 4.49. The van der Waals surface area contributed by atoms with Gasteiger partial charge in [0.05, 0.1) is 6.42 Å². The number of Topliss-reactive ketones (excluding diaryl/α,β-unsaturated/α-hetero) is 1. The van der Waals surface area contributed by atoms with Crippen molar-refractivity contribution >= 4 is 23.3 Å². The summed E-state index contributed by atoms with van der Waals surface area (Å²) in [7, 11) is 1.63. The number of amides is 1. The van der Waals surface area contributed by atoms with Gasteiger partial charge in [0.15, 0.2) is 12.4 Å². The Morgan fingerprint density at radius 3 is 2.39 bits per heavy atom. The van der Waals surface area contributed by atoms with Gasteiger partial charge in [-0.25, -0.2) is 0 Å². The molecule has 0 aliphatic heterocycles. The first-order valence-electron chi connectivity index (χ1n) is 9.67. The van der Waals surface area contributed by atoms with Crippen LogP contribution in [0.15, 0.2) is 48.5 Å². The van der Waals surface area contributed by atoms with E-state index in [2.05, 4.69) is 0 Å². The summed E-state index contributed by atoms with van der Waals surface area (Å²) in [6, 6.07) is 15.0. The van der Waals surface area contributed by atoms with Crippen molar-refractivity contribution in [3.63, 3.8) is 0 Å². The number of hydrogen-bond donors (Lipinski definition) is 0. The SMILES string of the molecule is CN(C(=O)COC(=O)CCC(=O)c1ccc2c(c1)CCCC2)c1ccccc1. The number of nitrogens with zero attached hydrogens (tertiary/aromatic N) is 1. The number of carbonyl (C=O) groups excluding carboxylic acids is 3. The van der Waals surface area contributed by atoms with Crippen molar-refractivity contribution in [1.82, 2.24) is 0 Å². The van der Waals surface area contributed by atoms with Crippen LogP contribution in [0.2, 0.25) is 0 Å². The molecule has 1 aliphatic rings. The molecule has 0 atom stereocenters. The van der Waals surface area contributed by atoms with Crippen LogP contribution >= 0.6 is 0 Å². The Labute approximate surface area is 165 Å². The average molecular weight is 379 g/mol. The smallest absolute Gasteiger partial charge is 0.306 e. The Morgan fingerprint density at radius 2 is 1.64 bits per heavy atom. The second-order valence-electron chi connectivity index (χ2n) is 7.06. The van der Waals surface area contributed by atoms with Crippen molar-refractivity contribution in [2.45, 2.75) is 38.5 Å². The molecule has 0 aromatic heterocycles. The predicted octanol–water partition coefficient (Wildman–Crippen LogP) is 3.73. The average Bonchev–Trinajstić information content (AvgIpc) is 2.75. The number of hydrogen-bond acceptors (Lipinski definition) is 4. The zero-order valence-electron chi connectivity index (χ0n) is 16.1. The fourth-order valence-corrected chi connectivity index (χ4v) is 3.37. The maximum Gasteiger partial charge on any atom is 0.306 e. The lowest BCUT2D eigenvalue weighted by molar-refractivity contribution is -0.147. The number of ketones is 1. The molecular weight excluding hydrogens is 354 g/mol. The van der Waals surface area contributed by atoms with E-state index < -0.39 is 5.97 Å². The summed E-state index contributed by atoms with van der Waals surface area (Å²) in [5, 5.41) is 0. The fraction of sp³-hybridized carbons (Fsp3) is 0.348. The molecule has 1 aliphatic carbocycles. The number of aryl methyl sites for hydroxylation is 2. The van der Waals surface area contributed by atoms with Crippen LogP contribution in [0.25, 0.3) is 0 Å². The van der Waals surface area contributed by atoms with Gasteiger partial charge in [-0.05, 0) is 55.0 Å². The van der Waals surface area contributed by atoms with E-state index in [1.807, 2.05) is 36.4 Å². The molecule has 1 amide bonds. The minimum absolute atomic E-state index is 0.0295. The van der Waals surface area contributed by atoms with Gasteiger partial charge in [-0.2, -0.15) is 0 Å². The Bertz CT molecular complexity index is 860. The zero-order valence-corrected chi connectivity index (χ0v) is 16.1. The number of fused-ring (bicyclic) bond motifs is 1. The Hall–Kier alpha value is -2.95. The summed E-state index contributed by atoms with van der Waals surface area (Å²) in [5.41, 5.74) is 3.94. The van der Waals surface area contributed by atoms with Crippen LogP contribution in [-0.2, 0) is 27.2 Å². The molecule has 5 heteroatoms. The number of likely N-dealkylation sites (N-methyl/N-ethyl adjacent to an activating group) is 1. The summed E-state index contributed by atoms with van der Waals surface area (Å²) in [6.45, 7) is -0.336. The number of carbonyl (C=O) groups is 3. The Balaban J connectivity index is 1.45. The standard InChI is InChI=1S/C23H25NO4/c1-24(20-9-3-2-4-10-20)22(26)16-28-23(27)14-13-21(25)19-12-11-17-7-5-6-8-18(17)15-19/h2-4,9-12,15H,5-8,13-14,16H2,1H3. The van der Waals surface area contributed by atoms with Crippen LogP contribution in [-0.4, -0.2) is 31.3 Å². The largest absolute Gasteiger partial charge is 0.456 e. The third-order valence-corrected chi connectivity index (χ3v) is 5.10. The van der Waals surface area contributed by atoms with Crippen LogP contribution < -0.4 is 4.90 Å². The van der Waals surface area contributed by atoms with Crippen LogP contribution in [0.3, 0.4) is 0 Å². The highest BCUT2D eigenvalue weighted by atomic mass is 16.5. The molecule has 0 fully saturated rings. The van der Waals surface area contributed by atoms with Gasteiger partial charge in [0.1, 0.15) is 0 Å². The minimum atomic E-state index is -0.541. The Kier molecular flexibility index (Phi) is 6.58. The number of ether oxygens (including phenoxy) is 1. The topological polar surface area (TPSA) is 63.7 Å². The highest BCUT2D eigenvalue weighted by Gasteiger charge is 2.16. The number of esters is 1. The first-order valence-corrected chi connectivity index (χ1v) is 9.67. The van der Waals surface area contributed by atoms with E-state index in [0.29, 0.717) is 5.56 Å². The van der Waals surface area contributed by atoms with E-state index in [4.69, 9.17) is 4.74 Å². The van der Waals surface area contributed by atoms with E-state index in [-0.39, 0.29) is 31.1 Å². The van der Waals surface area contributed by atoms with Gasteiger partial charge in [-0.3, -0.25) is 14.4 Å². The van der Waals surface area contributed by atoms with E-state index >= 15 is 0 Å². The lowest BCUT2D eigenvalue weighted by atomic mass is 9.89. The van der Waals surface area contributed by atoms with Gasteiger partial charge in [0.2, 0.25) is 0 Å². The second kappa shape index (κ2) is 9.31. The molecule has 5 nitrogen and oxygen atoms in total. The normalized spacial score (nSPS) is 12.8. The van der Waals surface area contributed by atoms with Crippen molar-refractivity contribution in [1.29, 1.82) is 0 Å². The molecule has 0 unspecified atom stereocenters. The second-order valence-corrected chi connectivity index (χ2v) is 7.06.